The smallest absolute Gasteiger partial charge is 0.295 e. The molecule has 0 fully saturated rings. The van der Waals surface area contributed by atoms with Crippen LogP contribution in [0.25, 0.3) is 10.9 Å². The predicted octanol–water partition coefficient (Wildman–Crippen LogP) is 5.00. The van der Waals surface area contributed by atoms with Gasteiger partial charge in [-0.15, -0.1) is 10.2 Å². The van der Waals surface area contributed by atoms with Gasteiger partial charge in [-0.05, 0) is 29.2 Å². The van der Waals surface area contributed by atoms with Crippen LogP contribution in [0, 0.1) is 10.1 Å². The van der Waals surface area contributed by atoms with E-state index in [0.717, 1.165) is 5.56 Å². The molecule has 3 rings (SSSR count). The number of nitro benzene ring substituents is 1. The maximum Gasteiger partial charge on any atom is 0.295 e. The number of carbonyl (C=O) groups excluding carboxylic acids is 1. The lowest BCUT2D eigenvalue weighted by molar-refractivity contribution is -0.384. The molecule has 0 saturated heterocycles. The van der Waals surface area contributed by atoms with Crippen LogP contribution in [0.2, 0.25) is 0 Å². The number of H-pyrrole nitrogens is 1. The second kappa shape index (κ2) is 6.64. The van der Waals surface area contributed by atoms with Crippen molar-refractivity contribution in [1.29, 1.82) is 0 Å². The number of aromatic nitrogens is 1. The van der Waals surface area contributed by atoms with Crippen LogP contribution in [0.4, 0.5) is 11.4 Å². The molecule has 2 N–H and O–H groups in total. The van der Waals surface area contributed by atoms with Gasteiger partial charge < -0.3 is 10.1 Å². The molecule has 2 aromatic carbocycles. The number of hydrogen-bond donors (Lipinski definition) is 2. The monoisotopic (exact) mass is 366 g/mol. The lowest BCUT2D eigenvalue weighted by Crippen LogP contribution is -2.11. The van der Waals surface area contributed by atoms with E-state index in [2.05, 4.69) is 36.0 Å². The first-order valence-corrected chi connectivity index (χ1v) is 8.22. The molecule has 1 amide bonds. The molecule has 0 saturated carbocycles. The number of carbonyl (C=O) groups is 1. The average molecular weight is 366 g/mol. The summed E-state index contributed by atoms with van der Waals surface area (Å²) in [6.45, 7) is 6.22. The quantitative estimate of drug-likeness (QED) is 0.384. The fourth-order valence-corrected chi connectivity index (χ4v) is 2.63. The Morgan fingerprint density at radius 3 is 2.41 bits per heavy atom. The van der Waals surface area contributed by atoms with E-state index in [1.807, 2.05) is 12.1 Å². The largest absolute Gasteiger partial charge is 0.493 e. The highest BCUT2D eigenvalue weighted by atomic mass is 16.6. The first-order chi connectivity index (χ1) is 12.7. The third-order valence-electron chi connectivity index (χ3n) is 4.19. The van der Waals surface area contributed by atoms with Crippen molar-refractivity contribution < 1.29 is 14.8 Å². The van der Waals surface area contributed by atoms with Crippen LogP contribution in [0.15, 0.2) is 52.7 Å². The van der Waals surface area contributed by atoms with E-state index in [-0.39, 0.29) is 22.7 Å². The SMILES string of the molecule is CC(C)(C)c1ccc(C(=O)N=Nc2c(O)[nH]c3ccc([N+](=O)[O-])cc23)cc1. The number of aromatic hydroxyl groups is 1. The molecule has 1 aromatic heterocycles. The Balaban J connectivity index is 1.91. The van der Waals surface area contributed by atoms with E-state index in [1.54, 1.807) is 12.1 Å². The lowest BCUT2D eigenvalue weighted by atomic mass is 9.87. The maximum atomic E-state index is 12.3. The number of rotatable bonds is 3. The van der Waals surface area contributed by atoms with Crippen LogP contribution in [0.5, 0.6) is 5.88 Å². The van der Waals surface area contributed by atoms with Gasteiger partial charge >= 0.3 is 0 Å². The van der Waals surface area contributed by atoms with Gasteiger partial charge in [-0.3, -0.25) is 14.9 Å². The zero-order valence-electron chi connectivity index (χ0n) is 15.1. The van der Waals surface area contributed by atoms with Crippen molar-refractivity contribution >= 4 is 28.2 Å². The standard InChI is InChI=1S/C19H18N4O4/c1-19(2,3)12-6-4-11(5-7-12)17(24)22-21-16-14-10-13(23(26)27)8-9-15(14)20-18(16)25/h4-10,20,25H,1-3H3. The predicted molar refractivity (Wildman–Crippen MR) is 101 cm³/mol. The molecule has 138 valence electrons. The summed E-state index contributed by atoms with van der Waals surface area (Å²) in [7, 11) is 0. The number of amides is 1. The summed E-state index contributed by atoms with van der Waals surface area (Å²) in [4.78, 5) is 25.3. The van der Waals surface area contributed by atoms with E-state index in [4.69, 9.17) is 0 Å². The average Bonchev–Trinajstić information content (AvgIpc) is 2.93. The van der Waals surface area contributed by atoms with Crippen molar-refractivity contribution in [2.24, 2.45) is 10.2 Å². The van der Waals surface area contributed by atoms with E-state index in [9.17, 15) is 20.0 Å². The second-order valence-corrected chi connectivity index (χ2v) is 7.14. The first kappa shape index (κ1) is 18.2. The fourth-order valence-electron chi connectivity index (χ4n) is 2.63. The third-order valence-corrected chi connectivity index (χ3v) is 4.19. The number of hydrogen-bond acceptors (Lipinski definition) is 5. The van der Waals surface area contributed by atoms with Gasteiger partial charge in [0.1, 0.15) is 0 Å². The number of aromatic amines is 1. The van der Waals surface area contributed by atoms with Gasteiger partial charge in [0.25, 0.3) is 11.6 Å². The molecule has 0 bridgehead atoms. The van der Waals surface area contributed by atoms with Crippen LogP contribution in [0.1, 0.15) is 36.7 Å². The molecule has 0 atom stereocenters. The fraction of sp³-hybridized carbons (Fsp3) is 0.211. The topological polar surface area (TPSA) is 121 Å². The van der Waals surface area contributed by atoms with Crippen molar-refractivity contribution in [3.05, 3.63) is 63.7 Å². The van der Waals surface area contributed by atoms with Gasteiger partial charge in [0.15, 0.2) is 5.69 Å². The summed E-state index contributed by atoms with van der Waals surface area (Å²) < 4.78 is 0. The normalized spacial score (nSPS) is 12.0. The zero-order valence-corrected chi connectivity index (χ0v) is 15.1. The summed E-state index contributed by atoms with van der Waals surface area (Å²) in [5.41, 5.74) is 1.69. The Kier molecular flexibility index (Phi) is 4.49. The Labute approximate surface area is 154 Å². The molecule has 1 heterocycles. The highest BCUT2D eigenvalue weighted by Gasteiger charge is 2.16. The Hall–Kier alpha value is -3.55. The summed E-state index contributed by atoms with van der Waals surface area (Å²) >= 11 is 0. The van der Waals surface area contributed by atoms with Gasteiger partial charge in [0.05, 0.1) is 10.4 Å². The number of non-ortho nitro benzene ring substituents is 1. The van der Waals surface area contributed by atoms with Crippen LogP contribution < -0.4 is 0 Å². The minimum atomic E-state index is -0.574. The minimum absolute atomic E-state index is 0.0200. The van der Waals surface area contributed by atoms with E-state index >= 15 is 0 Å². The van der Waals surface area contributed by atoms with Crippen LogP contribution in [-0.4, -0.2) is 20.9 Å². The lowest BCUT2D eigenvalue weighted by Gasteiger charge is -2.18. The summed E-state index contributed by atoms with van der Waals surface area (Å²) in [5.74, 6) is -0.889. The van der Waals surface area contributed by atoms with Crippen molar-refractivity contribution in [3.63, 3.8) is 0 Å². The van der Waals surface area contributed by atoms with Crippen LogP contribution in [-0.2, 0) is 5.41 Å². The van der Waals surface area contributed by atoms with Gasteiger partial charge in [-0.1, -0.05) is 32.9 Å². The molecule has 0 aliphatic carbocycles. The first-order valence-electron chi connectivity index (χ1n) is 8.22. The number of nitrogens with zero attached hydrogens (tertiary/aromatic N) is 3. The highest BCUT2D eigenvalue weighted by molar-refractivity contribution is 5.97. The zero-order chi connectivity index (χ0) is 19.8. The molecule has 0 aliphatic heterocycles. The third kappa shape index (κ3) is 3.69. The molecular weight excluding hydrogens is 348 g/mol. The van der Waals surface area contributed by atoms with E-state index in [1.165, 1.54) is 18.2 Å². The van der Waals surface area contributed by atoms with Crippen molar-refractivity contribution in [1.82, 2.24) is 4.98 Å². The molecule has 3 aromatic rings. The number of benzene rings is 2. The number of fused-ring (bicyclic) bond motifs is 1. The molecule has 0 spiro atoms. The molecule has 0 radical (unpaired) electrons. The van der Waals surface area contributed by atoms with Gasteiger partial charge in [-0.25, -0.2) is 0 Å². The van der Waals surface area contributed by atoms with Gasteiger partial charge in [-0.2, -0.15) is 0 Å². The summed E-state index contributed by atoms with van der Waals surface area (Å²) in [5, 5.41) is 28.7. The van der Waals surface area contributed by atoms with Crippen molar-refractivity contribution in [2.75, 3.05) is 0 Å². The van der Waals surface area contributed by atoms with Gasteiger partial charge in [0, 0.05) is 23.1 Å². The van der Waals surface area contributed by atoms with Crippen LogP contribution >= 0.6 is 0 Å². The number of azo groups is 1. The molecular formula is C19H18N4O4. The summed E-state index contributed by atoms with van der Waals surface area (Å²) in [6, 6.07) is 11.1. The van der Waals surface area contributed by atoms with Crippen molar-refractivity contribution in [2.45, 2.75) is 26.2 Å². The highest BCUT2D eigenvalue weighted by Crippen LogP contribution is 2.37. The Morgan fingerprint density at radius 2 is 1.81 bits per heavy atom. The summed E-state index contributed by atoms with van der Waals surface area (Å²) in [6.07, 6.45) is 0. The number of nitro groups is 1. The second-order valence-electron chi connectivity index (χ2n) is 7.14. The molecule has 0 aliphatic rings. The Morgan fingerprint density at radius 1 is 1.15 bits per heavy atom. The van der Waals surface area contributed by atoms with Gasteiger partial charge in [0.2, 0.25) is 5.88 Å². The van der Waals surface area contributed by atoms with Crippen molar-refractivity contribution in [3.8, 4) is 5.88 Å². The Bertz CT molecular complexity index is 1060. The number of nitrogens with one attached hydrogen (secondary N) is 1. The van der Waals surface area contributed by atoms with E-state index in [0.29, 0.717) is 16.5 Å². The molecule has 27 heavy (non-hydrogen) atoms. The maximum absolute atomic E-state index is 12.3. The molecule has 8 heteroatoms. The molecule has 8 nitrogen and oxygen atoms in total. The van der Waals surface area contributed by atoms with Crippen LogP contribution in [0.3, 0.4) is 0 Å². The molecule has 0 unspecified atom stereocenters. The minimum Gasteiger partial charge on any atom is -0.493 e. The van der Waals surface area contributed by atoms with E-state index < -0.39 is 10.8 Å².